The second kappa shape index (κ2) is 4.94. The van der Waals surface area contributed by atoms with Gasteiger partial charge in [-0.05, 0) is 55.9 Å². The molecule has 0 amide bonds. The first kappa shape index (κ1) is 15.1. The average Bonchev–Trinajstić information content (AvgIpc) is 3.05. The van der Waals surface area contributed by atoms with E-state index in [1.54, 1.807) is 13.0 Å². The Morgan fingerprint density at radius 2 is 1.65 bits per heavy atom. The maximum atomic E-state index is 12.8. The molecule has 26 heavy (non-hydrogen) atoms. The number of aryl methyl sites for hydroxylation is 3. The van der Waals surface area contributed by atoms with Gasteiger partial charge in [0.2, 0.25) is 0 Å². The first-order chi connectivity index (χ1) is 12.5. The molecule has 0 aliphatic heterocycles. The van der Waals surface area contributed by atoms with Crippen LogP contribution in [0.25, 0.3) is 32.8 Å². The van der Waals surface area contributed by atoms with Crippen molar-refractivity contribution < 1.29 is 8.83 Å². The first-order valence-corrected chi connectivity index (χ1v) is 8.54. The number of rotatable bonds is 0. The number of benzene rings is 1. The lowest BCUT2D eigenvalue weighted by atomic mass is 9.99. The zero-order valence-corrected chi connectivity index (χ0v) is 14.3. The summed E-state index contributed by atoms with van der Waals surface area (Å²) in [5.74, 6) is 0. The van der Waals surface area contributed by atoms with E-state index in [0.717, 1.165) is 17.5 Å². The van der Waals surface area contributed by atoms with Crippen LogP contribution in [0.3, 0.4) is 0 Å². The van der Waals surface area contributed by atoms with E-state index >= 15 is 0 Å². The van der Waals surface area contributed by atoms with Gasteiger partial charge in [-0.3, -0.25) is 4.79 Å². The van der Waals surface area contributed by atoms with E-state index in [9.17, 15) is 14.4 Å². The van der Waals surface area contributed by atoms with Gasteiger partial charge in [0.15, 0.2) is 5.58 Å². The quantitative estimate of drug-likeness (QED) is 0.389. The largest absolute Gasteiger partial charge is 0.423 e. The summed E-state index contributed by atoms with van der Waals surface area (Å²) in [6, 6.07) is 3.12. The maximum absolute atomic E-state index is 12.8. The van der Waals surface area contributed by atoms with E-state index in [0.29, 0.717) is 51.2 Å². The molecule has 1 aromatic carbocycles. The number of pyridine rings is 1. The molecule has 1 aliphatic carbocycles. The molecule has 6 nitrogen and oxygen atoms in total. The Labute approximate surface area is 146 Å². The van der Waals surface area contributed by atoms with Gasteiger partial charge in [-0.25, -0.2) is 9.59 Å². The van der Waals surface area contributed by atoms with Crippen LogP contribution in [0.1, 0.15) is 28.7 Å². The minimum absolute atomic E-state index is 0.258. The first-order valence-electron chi connectivity index (χ1n) is 8.54. The fourth-order valence-electron chi connectivity index (χ4n) is 4.21. The summed E-state index contributed by atoms with van der Waals surface area (Å²) in [6.07, 6.45) is 2.15. The molecule has 0 atom stereocenters. The van der Waals surface area contributed by atoms with Gasteiger partial charge in [0.25, 0.3) is 5.56 Å². The molecule has 0 bridgehead atoms. The highest BCUT2D eigenvalue weighted by molar-refractivity contribution is 6.18. The van der Waals surface area contributed by atoms with Crippen molar-refractivity contribution in [3.63, 3.8) is 0 Å². The maximum Gasteiger partial charge on any atom is 0.339 e. The summed E-state index contributed by atoms with van der Waals surface area (Å²) in [5, 5.41) is 1.72. The van der Waals surface area contributed by atoms with Gasteiger partial charge < -0.3 is 13.8 Å². The molecule has 5 rings (SSSR count). The minimum Gasteiger partial charge on any atom is -0.423 e. The number of aromatic amines is 1. The molecule has 1 aliphatic rings. The van der Waals surface area contributed by atoms with E-state index in [1.807, 2.05) is 6.92 Å². The zero-order chi connectivity index (χ0) is 18.2. The van der Waals surface area contributed by atoms with E-state index in [1.165, 1.54) is 6.07 Å². The van der Waals surface area contributed by atoms with Gasteiger partial charge in [-0.2, -0.15) is 0 Å². The molecule has 6 heteroatoms. The highest BCUT2D eigenvalue weighted by Gasteiger charge is 2.24. The van der Waals surface area contributed by atoms with E-state index in [4.69, 9.17) is 8.83 Å². The van der Waals surface area contributed by atoms with Crippen LogP contribution >= 0.6 is 0 Å². The van der Waals surface area contributed by atoms with Gasteiger partial charge in [-0.15, -0.1) is 0 Å². The van der Waals surface area contributed by atoms with Crippen LogP contribution in [0.4, 0.5) is 0 Å². The smallest absolute Gasteiger partial charge is 0.339 e. The Hall–Kier alpha value is -3.15. The Kier molecular flexibility index (Phi) is 2.88. The van der Waals surface area contributed by atoms with Crippen LogP contribution in [0.2, 0.25) is 0 Å². The molecule has 0 spiro atoms. The molecule has 3 aromatic heterocycles. The predicted octanol–water partition coefficient (Wildman–Crippen LogP) is 2.85. The molecule has 0 unspecified atom stereocenters. The molecule has 130 valence electrons. The van der Waals surface area contributed by atoms with Gasteiger partial charge in [0.1, 0.15) is 5.58 Å². The SMILES string of the molecule is Cc1cc2oc(=O)cc(C)c2c2c1[nH]c(=O)c1c3c(c(=O)oc12)CCC3. The lowest BCUT2D eigenvalue weighted by molar-refractivity contribution is 0.553. The highest BCUT2D eigenvalue weighted by Crippen LogP contribution is 2.35. The number of H-pyrrole nitrogens is 1. The van der Waals surface area contributed by atoms with Crippen LogP contribution in [0.15, 0.2) is 35.4 Å². The van der Waals surface area contributed by atoms with E-state index in [2.05, 4.69) is 4.98 Å². The zero-order valence-electron chi connectivity index (χ0n) is 14.3. The van der Waals surface area contributed by atoms with Crippen LogP contribution in [-0.2, 0) is 12.8 Å². The van der Waals surface area contributed by atoms with Crippen molar-refractivity contribution in [3.8, 4) is 0 Å². The highest BCUT2D eigenvalue weighted by atomic mass is 16.4. The molecule has 3 heterocycles. The van der Waals surface area contributed by atoms with Crippen molar-refractivity contribution in [2.24, 2.45) is 0 Å². The molecule has 4 aromatic rings. The third kappa shape index (κ3) is 1.84. The second-order valence-corrected chi connectivity index (χ2v) is 6.92. The van der Waals surface area contributed by atoms with E-state index < -0.39 is 5.63 Å². The second-order valence-electron chi connectivity index (χ2n) is 6.92. The third-order valence-corrected chi connectivity index (χ3v) is 5.31. The van der Waals surface area contributed by atoms with Crippen molar-refractivity contribution in [2.75, 3.05) is 0 Å². The fourth-order valence-corrected chi connectivity index (χ4v) is 4.21. The standard InChI is InChI=1S/C20H15NO5/c1-8-7-13(22)25-12-6-9(2)17-16(14(8)12)18-15(19(23)21-17)10-4-3-5-11(10)20(24)26-18/h6-7H,3-5H2,1-2H3,(H,21,23). The van der Waals surface area contributed by atoms with Crippen LogP contribution in [-0.4, -0.2) is 4.98 Å². The summed E-state index contributed by atoms with van der Waals surface area (Å²) in [7, 11) is 0. The van der Waals surface area contributed by atoms with Crippen molar-refractivity contribution >= 4 is 32.8 Å². The Morgan fingerprint density at radius 3 is 2.46 bits per heavy atom. The average molecular weight is 349 g/mol. The predicted molar refractivity (Wildman–Crippen MR) is 98.2 cm³/mol. The Morgan fingerprint density at radius 1 is 0.885 bits per heavy atom. The molecule has 0 radical (unpaired) electrons. The molecular formula is C20H15NO5. The van der Waals surface area contributed by atoms with Crippen molar-refractivity contribution in [1.29, 1.82) is 0 Å². The monoisotopic (exact) mass is 349 g/mol. The van der Waals surface area contributed by atoms with Crippen LogP contribution in [0.5, 0.6) is 0 Å². The summed E-state index contributed by atoms with van der Waals surface area (Å²) in [4.78, 5) is 40.0. The molecular weight excluding hydrogens is 334 g/mol. The lowest BCUT2D eigenvalue weighted by Gasteiger charge is -2.11. The number of hydrogen-bond acceptors (Lipinski definition) is 5. The molecule has 1 N–H and O–H groups in total. The van der Waals surface area contributed by atoms with Gasteiger partial charge >= 0.3 is 11.3 Å². The van der Waals surface area contributed by atoms with Crippen molar-refractivity contribution in [2.45, 2.75) is 33.1 Å². The Balaban J connectivity index is 2.20. The minimum atomic E-state index is -0.440. The van der Waals surface area contributed by atoms with Crippen molar-refractivity contribution in [1.82, 2.24) is 4.98 Å². The van der Waals surface area contributed by atoms with E-state index in [-0.39, 0.29) is 16.8 Å². The van der Waals surface area contributed by atoms with Gasteiger partial charge in [0.05, 0.1) is 16.3 Å². The van der Waals surface area contributed by atoms with Crippen LogP contribution in [0, 0.1) is 13.8 Å². The lowest BCUT2D eigenvalue weighted by Crippen LogP contribution is -2.15. The fraction of sp³-hybridized carbons (Fsp3) is 0.250. The molecule has 0 saturated heterocycles. The number of fused-ring (bicyclic) bond motifs is 7. The van der Waals surface area contributed by atoms with Crippen LogP contribution < -0.4 is 16.8 Å². The summed E-state index contributed by atoms with van der Waals surface area (Å²) < 4.78 is 11.0. The number of nitrogens with one attached hydrogen (secondary N) is 1. The number of hydrogen-bond donors (Lipinski definition) is 1. The molecule has 0 saturated carbocycles. The molecule has 0 fully saturated rings. The summed E-state index contributed by atoms with van der Waals surface area (Å²) >= 11 is 0. The van der Waals surface area contributed by atoms with Crippen molar-refractivity contribution in [3.05, 3.63) is 65.6 Å². The van der Waals surface area contributed by atoms with Gasteiger partial charge in [0, 0.05) is 17.0 Å². The third-order valence-electron chi connectivity index (χ3n) is 5.31. The summed E-state index contributed by atoms with van der Waals surface area (Å²) in [5.41, 5.74) is 3.02. The Bertz CT molecular complexity index is 1440. The normalized spacial score (nSPS) is 13.8. The van der Waals surface area contributed by atoms with Gasteiger partial charge in [-0.1, -0.05) is 0 Å². The summed E-state index contributed by atoms with van der Waals surface area (Å²) in [6.45, 7) is 3.62. The number of aromatic nitrogens is 1. The topological polar surface area (TPSA) is 93.3 Å².